The third kappa shape index (κ3) is 2.36. The Bertz CT molecular complexity index is 857. The summed E-state index contributed by atoms with van der Waals surface area (Å²) in [5, 5.41) is 13.6. The number of aromatic nitrogens is 1. The van der Waals surface area contributed by atoms with E-state index in [0.717, 1.165) is 33.6 Å². The molecule has 1 aromatic carbocycles. The average Bonchev–Trinajstić information content (AvgIpc) is 3.03. The molecule has 0 bridgehead atoms. The van der Waals surface area contributed by atoms with Crippen LogP contribution in [-0.2, 0) is 6.42 Å². The van der Waals surface area contributed by atoms with Crippen molar-refractivity contribution in [3.8, 4) is 5.75 Å². The van der Waals surface area contributed by atoms with E-state index in [2.05, 4.69) is 12.1 Å². The summed E-state index contributed by atoms with van der Waals surface area (Å²) in [5.41, 5.74) is 9.92. The van der Waals surface area contributed by atoms with E-state index >= 15 is 0 Å². The Morgan fingerprint density at radius 2 is 2.04 bits per heavy atom. The molecule has 1 aliphatic carbocycles. The second-order valence-electron chi connectivity index (χ2n) is 5.95. The van der Waals surface area contributed by atoms with Crippen LogP contribution in [0.3, 0.4) is 0 Å². The summed E-state index contributed by atoms with van der Waals surface area (Å²) in [5.74, 6) is 1.08. The van der Waals surface area contributed by atoms with Crippen LogP contribution in [0.4, 0.5) is 5.69 Å². The van der Waals surface area contributed by atoms with Gasteiger partial charge in [-0.15, -0.1) is 11.3 Å². The van der Waals surface area contributed by atoms with Crippen LogP contribution in [0, 0.1) is 0 Å². The topological polar surface area (TPSA) is 68.4 Å². The van der Waals surface area contributed by atoms with Crippen LogP contribution >= 0.6 is 11.3 Å². The molecule has 4 nitrogen and oxygen atoms in total. The van der Waals surface area contributed by atoms with Gasteiger partial charge in [0, 0.05) is 16.6 Å². The van der Waals surface area contributed by atoms with Gasteiger partial charge in [-0.25, -0.2) is 4.98 Å². The third-order valence-corrected chi connectivity index (χ3v) is 5.45. The Labute approximate surface area is 138 Å². The number of nitrogens with zero attached hydrogens (tertiary/aromatic N) is 1. The summed E-state index contributed by atoms with van der Waals surface area (Å²) < 4.78 is 5.21. The molecular weight excluding hydrogens is 308 g/mol. The van der Waals surface area contributed by atoms with Crippen molar-refractivity contribution in [1.82, 2.24) is 4.98 Å². The van der Waals surface area contributed by atoms with Crippen molar-refractivity contribution in [2.24, 2.45) is 0 Å². The number of anilines is 1. The van der Waals surface area contributed by atoms with E-state index in [1.807, 2.05) is 23.6 Å². The first-order chi connectivity index (χ1) is 11.2. The number of hydrogen-bond donors (Lipinski definition) is 2. The third-order valence-electron chi connectivity index (χ3n) is 4.64. The molecule has 5 heteroatoms. The Kier molecular flexibility index (Phi) is 3.47. The fourth-order valence-electron chi connectivity index (χ4n) is 3.44. The van der Waals surface area contributed by atoms with E-state index in [-0.39, 0.29) is 5.92 Å². The number of pyridine rings is 1. The maximum absolute atomic E-state index is 10.6. The van der Waals surface area contributed by atoms with Gasteiger partial charge < -0.3 is 15.6 Å². The summed E-state index contributed by atoms with van der Waals surface area (Å²) in [6.07, 6.45) is 0.903. The van der Waals surface area contributed by atoms with E-state index < -0.39 is 6.10 Å². The van der Waals surface area contributed by atoms with Gasteiger partial charge in [0.2, 0.25) is 0 Å². The van der Waals surface area contributed by atoms with Crippen molar-refractivity contribution < 1.29 is 9.84 Å². The van der Waals surface area contributed by atoms with Gasteiger partial charge in [0.15, 0.2) is 0 Å². The van der Waals surface area contributed by atoms with Crippen molar-refractivity contribution in [2.45, 2.75) is 24.9 Å². The first-order valence-corrected chi connectivity index (χ1v) is 8.52. The molecule has 3 N–H and O–H groups in total. The summed E-state index contributed by atoms with van der Waals surface area (Å²) in [7, 11) is 1.66. The zero-order chi connectivity index (χ0) is 16.0. The summed E-state index contributed by atoms with van der Waals surface area (Å²) in [6.45, 7) is 0. The van der Waals surface area contributed by atoms with E-state index in [4.69, 9.17) is 15.5 Å². The smallest absolute Gasteiger partial charge is 0.125 e. The Morgan fingerprint density at radius 3 is 2.78 bits per heavy atom. The molecule has 2 aromatic heterocycles. The fourth-order valence-corrected chi connectivity index (χ4v) is 4.24. The lowest BCUT2D eigenvalue weighted by molar-refractivity contribution is 0.147. The minimum atomic E-state index is -0.567. The SMILES string of the molecule is COc1ccc([C@H]2Cc3nc4sccc4c(N)c3[C@@H](O)C2)cc1. The molecule has 0 saturated carbocycles. The van der Waals surface area contributed by atoms with Gasteiger partial charge in [-0.3, -0.25) is 0 Å². The maximum Gasteiger partial charge on any atom is 0.125 e. The van der Waals surface area contributed by atoms with E-state index in [9.17, 15) is 5.11 Å². The Balaban J connectivity index is 1.74. The molecule has 2 atom stereocenters. The second-order valence-corrected chi connectivity index (χ2v) is 6.85. The number of aliphatic hydroxyl groups is 1. The highest BCUT2D eigenvalue weighted by Crippen LogP contribution is 2.43. The summed E-state index contributed by atoms with van der Waals surface area (Å²) in [4.78, 5) is 5.70. The highest BCUT2D eigenvalue weighted by atomic mass is 32.1. The summed E-state index contributed by atoms with van der Waals surface area (Å²) >= 11 is 1.59. The molecular formula is C18H18N2O2S. The molecule has 0 spiro atoms. The maximum atomic E-state index is 10.6. The molecule has 0 amide bonds. The van der Waals surface area contributed by atoms with Crippen LogP contribution in [0.5, 0.6) is 5.75 Å². The molecule has 1 aliphatic rings. The van der Waals surface area contributed by atoms with Gasteiger partial charge in [-0.1, -0.05) is 12.1 Å². The van der Waals surface area contributed by atoms with Crippen LogP contribution in [0.2, 0.25) is 0 Å². The predicted octanol–water partition coefficient (Wildman–Crippen LogP) is 3.65. The number of ether oxygens (including phenoxy) is 1. The minimum Gasteiger partial charge on any atom is -0.497 e. The van der Waals surface area contributed by atoms with Crippen molar-refractivity contribution in [3.05, 3.63) is 52.5 Å². The lowest BCUT2D eigenvalue weighted by atomic mass is 9.80. The number of fused-ring (bicyclic) bond motifs is 2. The lowest BCUT2D eigenvalue weighted by Crippen LogP contribution is -2.20. The zero-order valence-electron chi connectivity index (χ0n) is 12.8. The molecule has 118 valence electrons. The van der Waals surface area contributed by atoms with Crippen molar-refractivity contribution in [1.29, 1.82) is 0 Å². The van der Waals surface area contributed by atoms with Crippen molar-refractivity contribution >= 4 is 27.2 Å². The highest BCUT2D eigenvalue weighted by molar-refractivity contribution is 7.16. The van der Waals surface area contributed by atoms with Crippen molar-refractivity contribution in [2.75, 3.05) is 12.8 Å². The zero-order valence-corrected chi connectivity index (χ0v) is 13.6. The fraction of sp³-hybridized carbons (Fsp3) is 0.278. The number of methoxy groups -OCH3 is 1. The van der Waals surface area contributed by atoms with Crippen LogP contribution in [0.25, 0.3) is 10.2 Å². The molecule has 0 fully saturated rings. The number of hydrogen-bond acceptors (Lipinski definition) is 5. The molecule has 0 radical (unpaired) electrons. The van der Waals surface area contributed by atoms with Gasteiger partial charge in [0.1, 0.15) is 10.6 Å². The van der Waals surface area contributed by atoms with Gasteiger partial charge in [0.05, 0.1) is 18.9 Å². The highest BCUT2D eigenvalue weighted by Gasteiger charge is 2.30. The average molecular weight is 326 g/mol. The number of rotatable bonds is 2. The lowest BCUT2D eigenvalue weighted by Gasteiger charge is -2.29. The first kappa shape index (κ1) is 14.5. The number of benzene rings is 1. The molecule has 4 rings (SSSR count). The standard InChI is InChI=1S/C18H18N2O2S/c1-22-12-4-2-10(3-5-12)11-8-14-16(15(21)9-11)17(19)13-6-7-23-18(13)20-14/h2-7,11,15,21H,8-9H2,1H3,(H2,19,20)/t11-,15-/m0/s1. The van der Waals surface area contributed by atoms with Crippen molar-refractivity contribution in [3.63, 3.8) is 0 Å². The normalized spacial score (nSPS) is 20.4. The Hall–Kier alpha value is -2.11. The Morgan fingerprint density at radius 1 is 1.26 bits per heavy atom. The van der Waals surface area contributed by atoms with Crippen LogP contribution in [-0.4, -0.2) is 17.2 Å². The molecule has 0 saturated heterocycles. The van der Waals surface area contributed by atoms with Gasteiger partial charge in [-0.2, -0.15) is 0 Å². The van der Waals surface area contributed by atoms with E-state index in [1.165, 1.54) is 5.56 Å². The molecule has 0 aliphatic heterocycles. The van der Waals surface area contributed by atoms with Gasteiger partial charge >= 0.3 is 0 Å². The molecule has 23 heavy (non-hydrogen) atoms. The van der Waals surface area contributed by atoms with E-state index in [0.29, 0.717) is 12.1 Å². The number of thiophene rings is 1. The minimum absolute atomic E-state index is 0.243. The molecule has 3 aromatic rings. The quantitative estimate of drug-likeness (QED) is 0.754. The van der Waals surface area contributed by atoms with Gasteiger partial charge in [0.25, 0.3) is 0 Å². The van der Waals surface area contributed by atoms with Gasteiger partial charge in [-0.05, 0) is 47.9 Å². The monoisotopic (exact) mass is 326 g/mol. The molecule has 0 unspecified atom stereocenters. The summed E-state index contributed by atoms with van der Waals surface area (Å²) in [6, 6.07) is 10.0. The molecule has 2 heterocycles. The number of nitrogens with two attached hydrogens (primary N) is 1. The van der Waals surface area contributed by atoms with Crippen LogP contribution in [0.15, 0.2) is 35.7 Å². The first-order valence-electron chi connectivity index (χ1n) is 7.65. The number of nitrogen functional groups attached to an aromatic ring is 1. The second kappa shape index (κ2) is 5.51. The predicted molar refractivity (Wildman–Crippen MR) is 93.0 cm³/mol. The van der Waals surface area contributed by atoms with E-state index in [1.54, 1.807) is 18.4 Å². The van der Waals surface area contributed by atoms with Crippen LogP contribution in [0.1, 0.15) is 35.3 Å². The largest absolute Gasteiger partial charge is 0.497 e. The van der Waals surface area contributed by atoms with Crippen LogP contribution < -0.4 is 10.5 Å². The number of aliphatic hydroxyl groups excluding tert-OH is 1.